The molecular formula is C36H52N2O6S. The first-order valence-electron chi connectivity index (χ1n) is 17.0. The van der Waals surface area contributed by atoms with Crippen LogP contribution in [-0.2, 0) is 24.0 Å². The number of amides is 2. The molecule has 8 nitrogen and oxygen atoms in total. The van der Waals surface area contributed by atoms with E-state index in [-0.39, 0.29) is 50.6 Å². The van der Waals surface area contributed by atoms with Gasteiger partial charge in [0, 0.05) is 5.41 Å². The molecule has 0 spiro atoms. The van der Waals surface area contributed by atoms with Crippen LogP contribution in [-0.4, -0.2) is 53.1 Å². The zero-order valence-corrected chi connectivity index (χ0v) is 29.4. The number of hydrogen-bond acceptors (Lipinski definition) is 8. The molecule has 1 heterocycles. The van der Waals surface area contributed by atoms with Gasteiger partial charge in [0.05, 0.1) is 24.0 Å². The number of carbonyl (C=O) groups is 4. The number of allylic oxidation sites excluding steroid dienone is 2. The van der Waals surface area contributed by atoms with E-state index < -0.39 is 23.2 Å². The second kappa shape index (κ2) is 10.7. The van der Waals surface area contributed by atoms with Gasteiger partial charge in [0.1, 0.15) is 6.54 Å². The summed E-state index contributed by atoms with van der Waals surface area (Å²) < 4.78 is 5.52. The van der Waals surface area contributed by atoms with Crippen molar-refractivity contribution in [3.8, 4) is 0 Å². The van der Waals surface area contributed by atoms with Crippen molar-refractivity contribution >= 4 is 40.6 Å². The number of carbonyl (C=O) groups excluding carboxylic acids is 4. The van der Waals surface area contributed by atoms with Crippen LogP contribution in [0.25, 0.3) is 0 Å². The van der Waals surface area contributed by atoms with E-state index in [4.69, 9.17) is 9.57 Å². The number of esters is 1. The van der Waals surface area contributed by atoms with Gasteiger partial charge in [-0.25, -0.2) is 4.79 Å². The fourth-order valence-corrected chi connectivity index (χ4v) is 12.3. The van der Waals surface area contributed by atoms with Gasteiger partial charge in [0.15, 0.2) is 0 Å². The van der Waals surface area contributed by atoms with Crippen LogP contribution in [0, 0.1) is 50.2 Å². The molecule has 2 amide bonds. The Morgan fingerprint density at radius 3 is 2.36 bits per heavy atom. The summed E-state index contributed by atoms with van der Waals surface area (Å²) in [7, 11) is 1.56. The van der Waals surface area contributed by atoms with Crippen LogP contribution < -0.4 is 0 Å². The molecule has 6 rings (SSSR count). The molecule has 5 aliphatic carbocycles. The molecule has 248 valence electrons. The average Bonchev–Trinajstić information content (AvgIpc) is 3.28. The minimum absolute atomic E-state index is 0.00652. The van der Waals surface area contributed by atoms with E-state index in [2.05, 4.69) is 59.7 Å². The molecule has 0 aromatic carbocycles. The van der Waals surface area contributed by atoms with Gasteiger partial charge >= 0.3 is 11.9 Å². The Labute approximate surface area is 272 Å². The Morgan fingerprint density at radius 1 is 0.978 bits per heavy atom. The summed E-state index contributed by atoms with van der Waals surface area (Å²) in [6, 6.07) is 0. The van der Waals surface area contributed by atoms with Crippen LogP contribution in [0.1, 0.15) is 113 Å². The van der Waals surface area contributed by atoms with Crippen LogP contribution in [0.2, 0.25) is 0 Å². The number of ether oxygens (including phenoxy) is 1. The summed E-state index contributed by atoms with van der Waals surface area (Å²) in [5.74, 6) is 0.105. The quantitative estimate of drug-likeness (QED) is 0.135. The second-order valence-corrected chi connectivity index (χ2v) is 18.0. The van der Waals surface area contributed by atoms with Crippen molar-refractivity contribution in [1.29, 1.82) is 0 Å². The summed E-state index contributed by atoms with van der Waals surface area (Å²) in [5.41, 5.74) is 2.17. The molecule has 7 atom stereocenters. The lowest BCUT2D eigenvalue weighted by atomic mass is 9.33. The van der Waals surface area contributed by atoms with Gasteiger partial charge in [-0.05, 0) is 104 Å². The zero-order valence-electron chi connectivity index (χ0n) is 28.5. The van der Waals surface area contributed by atoms with Gasteiger partial charge in [-0.3, -0.25) is 19.3 Å². The van der Waals surface area contributed by atoms with E-state index in [1.54, 1.807) is 7.11 Å². The third-order valence-corrected chi connectivity index (χ3v) is 15.3. The Hall–Kier alpha value is -2.16. The summed E-state index contributed by atoms with van der Waals surface area (Å²) in [6.07, 6.45) is 12.4. The summed E-state index contributed by atoms with van der Waals surface area (Å²) in [6.45, 7) is 16.4. The SMILES string of the molecule is COC(=O)[C@]12CCC(C)(C)CC1C1=CCC3[C@@]4(C)CC/C(=N\OC(=O)CN5C(=O)CSC5=O)C(C)(C)C4CC[C@@]3(C)[C@]1(C)CC2. The van der Waals surface area contributed by atoms with Gasteiger partial charge in [0.2, 0.25) is 5.91 Å². The van der Waals surface area contributed by atoms with Crippen molar-refractivity contribution in [2.24, 2.45) is 55.4 Å². The minimum Gasteiger partial charge on any atom is -0.469 e. The monoisotopic (exact) mass is 640 g/mol. The van der Waals surface area contributed by atoms with Gasteiger partial charge < -0.3 is 9.57 Å². The third-order valence-electron chi connectivity index (χ3n) is 14.4. The number of imide groups is 1. The summed E-state index contributed by atoms with van der Waals surface area (Å²) in [5, 5.41) is 3.98. The number of thioether (sulfide) groups is 1. The van der Waals surface area contributed by atoms with Crippen LogP contribution in [0.3, 0.4) is 0 Å². The molecular weight excluding hydrogens is 588 g/mol. The highest BCUT2D eigenvalue weighted by atomic mass is 32.2. The summed E-state index contributed by atoms with van der Waals surface area (Å²) in [4.78, 5) is 56.3. The average molecular weight is 641 g/mol. The minimum atomic E-state index is -0.684. The number of rotatable bonds is 4. The predicted octanol–water partition coefficient (Wildman–Crippen LogP) is 7.56. The van der Waals surface area contributed by atoms with Crippen LogP contribution >= 0.6 is 11.8 Å². The number of oxime groups is 1. The van der Waals surface area contributed by atoms with Crippen molar-refractivity contribution in [1.82, 2.24) is 4.90 Å². The lowest BCUT2D eigenvalue weighted by Crippen LogP contribution is -2.64. The Balaban J connectivity index is 1.27. The van der Waals surface area contributed by atoms with Crippen molar-refractivity contribution in [3.05, 3.63) is 11.6 Å². The number of nitrogens with zero attached hydrogens (tertiary/aromatic N) is 2. The van der Waals surface area contributed by atoms with Crippen LogP contribution in [0.15, 0.2) is 16.8 Å². The Kier molecular flexibility index (Phi) is 7.78. The van der Waals surface area contributed by atoms with E-state index in [0.29, 0.717) is 11.8 Å². The van der Waals surface area contributed by atoms with Crippen molar-refractivity contribution in [2.75, 3.05) is 19.4 Å². The number of hydrogen-bond donors (Lipinski definition) is 0. The highest BCUT2D eigenvalue weighted by molar-refractivity contribution is 8.14. The Bertz CT molecular complexity index is 1370. The van der Waals surface area contributed by atoms with Gasteiger partial charge in [-0.1, -0.05) is 77.0 Å². The molecule has 3 unspecified atom stereocenters. The van der Waals surface area contributed by atoms with E-state index in [0.717, 1.165) is 86.6 Å². The maximum Gasteiger partial charge on any atom is 0.354 e. The first-order valence-corrected chi connectivity index (χ1v) is 18.0. The van der Waals surface area contributed by atoms with E-state index >= 15 is 0 Å². The lowest BCUT2D eigenvalue weighted by molar-refractivity contribution is -0.181. The molecule has 0 N–H and O–H groups in total. The molecule has 45 heavy (non-hydrogen) atoms. The molecule has 9 heteroatoms. The van der Waals surface area contributed by atoms with Gasteiger partial charge in [-0.15, -0.1) is 0 Å². The lowest BCUT2D eigenvalue weighted by Gasteiger charge is -2.70. The third kappa shape index (κ3) is 4.70. The molecule has 6 aliphatic rings. The standard InChI is InChI=1S/C36H52N2O6S/c1-31(2)15-17-36(29(41)43-8)18-16-34(6)22(23(36)19-31)9-10-25-33(5)13-12-26(32(3,4)24(33)11-14-35(25,34)7)37-44-28(40)20-38-27(39)21-45-30(38)42/h9,23-25H,10-21H2,1-8H3/b37-26+/t23?,24?,25?,33-,34+,35+,36-/m0/s1. The van der Waals surface area contributed by atoms with E-state index in [1.807, 2.05) is 0 Å². The van der Waals surface area contributed by atoms with Crippen molar-refractivity contribution < 1.29 is 28.8 Å². The molecule has 5 fully saturated rings. The fraction of sp³-hybridized carbons (Fsp3) is 0.806. The van der Waals surface area contributed by atoms with Crippen LogP contribution in [0.5, 0.6) is 0 Å². The first kappa shape index (κ1) is 32.8. The zero-order chi connectivity index (χ0) is 32.8. The molecule has 0 aromatic rings. The van der Waals surface area contributed by atoms with Gasteiger partial charge in [0.25, 0.3) is 5.24 Å². The topological polar surface area (TPSA) is 102 Å². The smallest absolute Gasteiger partial charge is 0.354 e. The first-order chi connectivity index (χ1) is 20.9. The largest absolute Gasteiger partial charge is 0.469 e. The molecule has 0 aromatic heterocycles. The highest BCUT2D eigenvalue weighted by Gasteiger charge is 2.69. The molecule has 1 saturated heterocycles. The normalized spacial score (nSPS) is 42.6. The van der Waals surface area contributed by atoms with Crippen molar-refractivity contribution in [3.63, 3.8) is 0 Å². The molecule has 4 saturated carbocycles. The predicted molar refractivity (Wildman–Crippen MR) is 174 cm³/mol. The molecule has 0 bridgehead atoms. The molecule has 1 aliphatic heterocycles. The van der Waals surface area contributed by atoms with E-state index in [9.17, 15) is 19.2 Å². The van der Waals surface area contributed by atoms with Crippen molar-refractivity contribution in [2.45, 2.75) is 113 Å². The highest BCUT2D eigenvalue weighted by Crippen LogP contribution is 2.75. The second-order valence-electron chi connectivity index (χ2n) is 17.1. The number of fused-ring (bicyclic) bond motifs is 7. The van der Waals surface area contributed by atoms with Crippen LogP contribution in [0.4, 0.5) is 4.79 Å². The maximum atomic E-state index is 13.5. The Morgan fingerprint density at radius 2 is 1.69 bits per heavy atom. The molecule has 0 radical (unpaired) electrons. The number of methoxy groups -OCH3 is 1. The van der Waals surface area contributed by atoms with E-state index in [1.165, 1.54) is 5.57 Å². The summed E-state index contributed by atoms with van der Waals surface area (Å²) >= 11 is 0.905. The van der Waals surface area contributed by atoms with Gasteiger partial charge in [-0.2, -0.15) is 0 Å². The fourth-order valence-electron chi connectivity index (χ4n) is 11.6. The maximum absolute atomic E-state index is 13.5.